The van der Waals surface area contributed by atoms with Gasteiger partial charge in [-0.15, -0.1) is 0 Å². The number of carbonyl (C=O) groups excluding carboxylic acids is 2. The fourth-order valence-corrected chi connectivity index (χ4v) is 11.2. The molecule has 90 heavy (non-hydrogen) atoms. The minimum atomic E-state index is -1.44. The van der Waals surface area contributed by atoms with Gasteiger partial charge in [0.05, 0.1) is 35.8 Å². The summed E-state index contributed by atoms with van der Waals surface area (Å²) in [6, 6.07) is 53.3. The van der Waals surface area contributed by atoms with Crippen LogP contribution in [0.25, 0.3) is 38.8 Å². The number of ether oxygens (including phenoxy) is 4. The number of para-hydroxylation sites is 7. The third-order valence-corrected chi connectivity index (χ3v) is 17.7. The number of benzene rings is 6. The summed E-state index contributed by atoms with van der Waals surface area (Å²) in [5.41, 5.74) is 7.77. The molecule has 18 nitrogen and oxygen atoms in total. The number of nitrogens with one attached hydrogen (secondary N) is 2. The summed E-state index contributed by atoms with van der Waals surface area (Å²) in [5, 5.41) is 26.7. The number of amides is 2. The Hall–Kier alpha value is -8.00. The zero-order valence-corrected chi connectivity index (χ0v) is 56.7. The van der Waals surface area contributed by atoms with Gasteiger partial charge < -0.3 is 57.9 Å². The van der Waals surface area contributed by atoms with Crippen LogP contribution >= 0.6 is 15.9 Å². The second kappa shape index (κ2) is 34.3. The maximum atomic E-state index is 13.7. The largest absolute Gasteiger partial charge is 0.491 e. The highest BCUT2D eigenvalue weighted by Crippen LogP contribution is 2.33. The van der Waals surface area contributed by atoms with Gasteiger partial charge in [0.15, 0.2) is 0 Å². The minimum Gasteiger partial charge on any atom is -0.491 e. The molecule has 0 bridgehead atoms. The van der Waals surface area contributed by atoms with E-state index in [4.69, 9.17) is 32.3 Å². The van der Waals surface area contributed by atoms with Crippen LogP contribution in [0.15, 0.2) is 187 Å². The maximum absolute atomic E-state index is 13.7. The van der Waals surface area contributed by atoms with E-state index < -0.39 is 34.8 Å². The van der Waals surface area contributed by atoms with E-state index in [1.807, 2.05) is 145 Å². The summed E-state index contributed by atoms with van der Waals surface area (Å²) in [6.45, 7) is 21.7. The Balaban J connectivity index is 0.000000202. The number of rotatable bonds is 25. The summed E-state index contributed by atoms with van der Waals surface area (Å²) in [5.74, 6) is 1.25. The van der Waals surface area contributed by atoms with Crippen LogP contribution in [-0.4, -0.2) is 108 Å². The zero-order valence-electron chi connectivity index (χ0n) is 52.3. The van der Waals surface area contributed by atoms with Crippen molar-refractivity contribution in [3.63, 3.8) is 0 Å². The quantitative estimate of drug-likeness (QED) is 0.0311. The highest BCUT2D eigenvalue weighted by Gasteiger charge is 2.24. The average molecular weight is 1340 g/mol. The monoisotopic (exact) mass is 1330 g/mol. The van der Waals surface area contributed by atoms with Gasteiger partial charge >= 0.3 is 18.7 Å². The number of hydrogen-bond acceptors (Lipinski definition) is 12. The van der Waals surface area contributed by atoms with Crippen molar-refractivity contribution in [3.05, 3.63) is 204 Å². The van der Waals surface area contributed by atoms with E-state index in [2.05, 4.69) is 125 Å². The molecule has 2 amide bonds. The van der Waals surface area contributed by atoms with Gasteiger partial charge in [0.25, 0.3) is 11.8 Å². The Kier molecular flexibility index (Phi) is 26.4. The van der Waals surface area contributed by atoms with Crippen molar-refractivity contribution >= 4 is 101 Å². The first-order valence-corrected chi connectivity index (χ1v) is 38.8. The molecule has 4 heterocycles. The third kappa shape index (κ3) is 20.5. The molecule has 0 atom stereocenters. The summed E-state index contributed by atoms with van der Waals surface area (Å²) in [7, 11) is -3.84. The number of fused-ring (bicyclic) bond motifs is 2. The standard InChI is InChI=1S/C33H38N4O3Si.C19H28BrN3O3Si.C15H14BNO2.O2S/c1-5-19-40-31-18-12-10-16-28(31)35-33(38)32-34-29(23-36(32)24-39-20-21-41(2,3)4)27-22-37(25-13-7-6-8-14-25)30-17-11-9-15-26(27)30;1-5-10-26-16-9-7-6-8-15(16)21-19(24)18-22-17(20)13-23(18)14-25-11-12-27(2,3)4;18-16(19)14-11-17(10-12-6-2-1-3-7-12)15-9-5-4-8-13(14)15;1-3-2/h6-18,22-23H,5,19-21,24H2,1-4H3,(H,35,38);6-9,13H,5,10-12,14H2,1-4H3,(H,21,24);1-9,11,18-19H,10H2;. The molecule has 0 fully saturated rings. The van der Waals surface area contributed by atoms with Crippen LogP contribution in [0.5, 0.6) is 11.5 Å². The van der Waals surface area contributed by atoms with E-state index in [0.29, 0.717) is 84.2 Å². The van der Waals surface area contributed by atoms with Crippen molar-refractivity contribution in [2.24, 2.45) is 0 Å². The Morgan fingerprint density at radius 2 is 1.02 bits per heavy atom. The van der Waals surface area contributed by atoms with Gasteiger partial charge in [0.2, 0.25) is 11.6 Å². The molecular formula is C67H80BBrN8O10SSi2. The van der Waals surface area contributed by atoms with Crippen LogP contribution in [0.4, 0.5) is 11.4 Å². The van der Waals surface area contributed by atoms with Crippen molar-refractivity contribution in [3.8, 4) is 28.4 Å². The van der Waals surface area contributed by atoms with E-state index in [9.17, 15) is 19.6 Å². The molecule has 0 aliphatic rings. The SMILES string of the molecule is CCCOc1ccccc1NC(=O)c1nc(-c2cn(-c3ccccc3)c3ccccc23)cn1COCC[Si](C)(C)C.CCCOc1ccccc1NC(=O)c1nc(Br)cn1COCC[Si](C)(C)C.O=S=O.OB(O)c1cn(Cc2ccccc2)c2ccccc12. The van der Waals surface area contributed by atoms with E-state index >= 15 is 0 Å². The first kappa shape index (κ1) is 69.5. The van der Waals surface area contributed by atoms with Crippen molar-refractivity contribution < 1.29 is 47.0 Å². The summed E-state index contributed by atoms with van der Waals surface area (Å²) >= 11 is 2.59. The second-order valence-electron chi connectivity index (χ2n) is 23.5. The summed E-state index contributed by atoms with van der Waals surface area (Å²) in [4.78, 5) is 35.6. The fraction of sp³-hybridized carbons (Fsp3) is 0.284. The van der Waals surface area contributed by atoms with Gasteiger partial charge in [0.1, 0.15) is 29.6 Å². The lowest BCUT2D eigenvalue weighted by Gasteiger charge is -2.16. The number of halogens is 1. The van der Waals surface area contributed by atoms with Gasteiger partial charge in [-0.25, -0.2) is 9.97 Å². The van der Waals surface area contributed by atoms with Crippen molar-refractivity contribution in [1.29, 1.82) is 0 Å². The number of hydrogen-bond donors (Lipinski definition) is 4. The Labute approximate surface area is 541 Å². The minimum absolute atomic E-state index is 0.242. The predicted molar refractivity (Wildman–Crippen MR) is 369 cm³/mol. The summed E-state index contributed by atoms with van der Waals surface area (Å²) in [6.07, 6.45) is 9.34. The Bertz CT molecular complexity index is 3940. The van der Waals surface area contributed by atoms with Crippen LogP contribution in [0.2, 0.25) is 51.4 Å². The number of aromatic nitrogens is 6. The van der Waals surface area contributed by atoms with Crippen LogP contribution < -0.4 is 25.6 Å². The topological polar surface area (TPSA) is 215 Å². The molecule has 4 N–H and O–H groups in total. The molecule has 472 valence electrons. The van der Waals surface area contributed by atoms with Crippen LogP contribution in [0.1, 0.15) is 53.5 Å². The lowest BCUT2D eigenvalue weighted by molar-refractivity contribution is 0.0808. The van der Waals surface area contributed by atoms with E-state index in [1.165, 1.54) is 5.56 Å². The van der Waals surface area contributed by atoms with Crippen LogP contribution in [-0.2, 0) is 41.1 Å². The lowest BCUT2D eigenvalue weighted by Crippen LogP contribution is -2.29. The third-order valence-electron chi connectivity index (χ3n) is 13.9. The molecule has 0 saturated heterocycles. The number of anilines is 2. The highest BCUT2D eigenvalue weighted by atomic mass is 79.9. The van der Waals surface area contributed by atoms with Gasteiger partial charge in [-0.2, -0.15) is 8.42 Å². The van der Waals surface area contributed by atoms with E-state index in [1.54, 1.807) is 15.3 Å². The van der Waals surface area contributed by atoms with Gasteiger partial charge in [-0.05, 0) is 100 Å². The van der Waals surface area contributed by atoms with Crippen molar-refractivity contribution in [2.45, 2.75) is 98.1 Å². The van der Waals surface area contributed by atoms with Crippen molar-refractivity contribution in [2.75, 3.05) is 37.1 Å². The molecule has 0 radical (unpaired) electrons. The second-order valence-corrected chi connectivity index (χ2v) is 35.7. The maximum Gasteiger partial charge on any atom is 0.490 e. The van der Waals surface area contributed by atoms with E-state index in [-0.39, 0.29) is 24.4 Å². The molecule has 0 saturated carbocycles. The number of imidazole rings is 2. The molecule has 0 unspecified atom stereocenters. The summed E-state index contributed by atoms with van der Waals surface area (Å²) < 4.78 is 48.3. The smallest absolute Gasteiger partial charge is 0.490 e. The number of carbonyl (C=O) groups is 2. The number of nitrogens with zero attached hydrogens (tertiary/aromatic N) is 6. The molecule has 0 spiro atoms. The Morgan fingerprint density at radius 1 is 0.556 bits per heavy atom. The molecular weight excluding hydrogens is 1260 g/mol. The molecule has 10 aromatic rings. The first-order valence-electron chi connectivity index (χ1n) is 29.9. The molecule has 0 aliphatic carbocycles. The van der Waals surface area contributed by atoms with Gasteiger partial charge in [-0.3, -0.25) is 9.59 Å². The predicted octanol–water partition coefficient (Wildman–Crippen LogP) is 13.5. The molecule has 6 aromatic carbocycles. The molecule has 23 heteroatoms. The lowest BCUT2D eigenvalue weighted by atomic mass is 9.80. The highest BCUT2D eigenvalue weighted by molar-refractivity contribution is 9.10. The van der Waals surface area contributed by atoms with Crippen LogP contribution in [0, 0.1) is 0 Å². The molecule has 0 aliphatic heterocycles. The Morgan fingerprint density at radius 3 is 1.56 bits per heavy atom. The zero-order chi connectivity index (χ0) is 64.6. The average Bonchev–Trinajstić information content (AvgIpc) is 1.70. The molecule has 4 aromatic heterocycles. The van der Waals surface area contributed by atoms with Crippen LogP contribution in [0.3, 0.4) is 0 Å². The fourth-order valence-electron chi connectivity index (χ4n) is 9.32. The normalized spacial score (nSPS) is 11.1. The van der Waals surface area contributed by atoms with E-state index in [0.717, 1.165) is 58.0 Å². The van der Waals surface area contributed by atoms with Crippen molar-refractivity contribution in [1.82, 2.24) is 28.2 Å². The van der Waals surface area contributed by atoms with Gasteiger partial charge in [0, 0.05) is 88.3 Å². The van der Waals surface area contributed by atoms with Gasteiger partial charge in [-0.1, -0.05) is 162 Å². The molecule has 10 rings (SSSR count). The first-order chi connectivity index (χ1) is 43.3.